The highest BCUT2D eigenvalue weighted by Gasteiger charge is 2.19. The topological polar surface area (TPSA) is 112 Å². The Morgan fingerprint density at radius 2 is 2.19 bits per heavy atom. The molecule has 0 spiro atoms. The Kier molecular flexibility index (Phi) is 4.63. The van der Waals surface area contributed by atoms with Gasteiger partial charge in [-0.25, -0.2) is 15.0 Å². The average molecular weight is 403 g/mol. The molecule has 0 aliphatic rings. The zero-order chi connectivity index (χ0) is 19.0. The first-order valence-electron chi connectivity index (χ1n) is 8.08. The number of H-pyrrole nitrogens is 1. The van der Waals surface area contributed by atoms with Crippen molar-refractivity contribution >= 4 is 57.2 Å². The average Bonchev–Trinajstić information content (AvgIpc) is 3.15. The number of fused-ring (bicyclic) bond motifs is 2. The van der Waals surface area contributed by atoms with Crippen molar-refractivity contribution in [1.82, 2.24) is 24.5 Å². The van der Waals surface area contributed by atoms with Crippen LogP contribution in [0.5, 0.6) is 0 Å². The van der Waals surface area contributed by atoms with Crippen molar-refractivity contribution in [2.24, 2.45) is 0 Å². The molecule has 0 aliphatic carbocycles. The van der Waals surface area contributed by atoms with Crippen LogP contribution in [0, 0.1) is 0 Å². The van der Waals surface area contributed by atoms with E-state index in [1.54, 1.807) is 0 Å². The lowest BCUT2D eigenvalue weighted by Gasteiger charge is -2.08. The van der Waals surface area contributed by atoms with Crippen LogP contribution >= 0.6 is 23.4 Å². The van der Waals surface area contributed by atoms with Gasteiger partial charge in [-0.15, -0.1) is 0 Å². The first kappa shape index (κ1) is 17.6. The Morgan fingerprint density at radius 3 is 2.96 bits per heavy atom. The maximum atomic E-state index is 11.1. The zero-order valence-corrected chi connectivity index (χ0v) is 15.8. The number of nitrogens with two attached hydrogens (primary N) is 1. The van der Waals surface area contributed by atoms with Gasteiger partial charge in [-0.05, 0) is 17.8 Å². The van der Waals surface area contributed by atoms with Crippen LogP contribution in [0.4, 0.5) is 5.82 Å². The number of nitrogens with one attached hydrogen (secondary N) is 1. The SMILES string of the molecule is CC(=O)OCCn1c(Sc2[nH]c3ccccc3c2Cl)nc2c(N)ncnc21. The number of carbonyl (C=O) groups is 1. The highest BCUT2D eigenvalue weighted by atomic mass is 35.5. The fourth-order valence-corrected chi connectivity index (χ4v) is 4.03. The Labute approximate surface area is 163 Å². The van der Waals surface area contributed by atoms with Crippen molar-refractivity contribution in [3.8, 4) is 0 Å². The number of nitrogen functional groups attached to an aromatic ring is 1. The second-order valence-corrected chi connectivity index (χ2v) is 7.09. The van der Waals surface area contributed by atoms with E-state index in [4.69, 9.17) is 22.1 Å². The highest BCUT2D eigenvalue weighted by molar-refractivity contribution is 7.99. The van der Waals surface area contributed by atoms with Crippen LogP contribution < -0.4 is 5.73 Å². The van der Waals surface area contributed by atoms with Crippen molar-refractivity contribution in [3.05, 3.63) is 35.6 Å². The van der Waals surface area contributed by atoms with E-state index in [-0.39, 0.29) is 18.4 Å². The minimum absolute atomic E-state index is 0.193. The summed E-state index contributed by atoms with van der Waals surface area (Å²) in [7, 11) is 0. The van der Waals surface area contributed by atoms with E-state index in [1.807, 2.05) is 28.8 Å². The van der Waals surface area contributed by atoms with Crippen LogP contribution in [0.25, 0.3) is 22.1 Å². The molecule has 1 aromatic carbocycles. The number of aromatic amines is 1. The predicted octanol–water partition coefficient (Wildman–Crippen LogP) is 3.26. The van der Waals surface area contributed by atoms with Gasteiger partial charge in [0, 0.05) is 17.8 Å². The summed E-state index contributed by atoms with van der Waals surface area (Å²) in [5.41, 5.74) is 7.95. The third kappa shape index (κ3) is 3.31. The first-order valence-corrected chi connectivity index (χ1v) is 9.28. The molecule has 0 aliphatic heterocycles. The number of hydrogen-bond acceptors (Lipinski definition) is 7. The van der Waals surface area contributed by atoms with Gasteiger partial charge in [0.2, 0.25) is 0 Å². The third-order valence-electron chi connectivity index (χ3n) is 3.95. The van der Waals surface area contributed by atoms with E-state index < -0.39 is 0 Å². The number of anilines is 1. The minimum Gasteiger partial charge on any atom is -0.464 e. The molecule has 0 radical (unpaired) electrons. The van der Waals surface area contributed by atoms with Crippen molar-refractivity contribution in [1.29, 1.82) is 0 Å². The second kappa shape index (κ2) is 7.09. The van der Waals surface area contributed by atoms with Crippen LogP contribution in [-0.4, -0.2) is 37.1 Å². The maximum absolute atomic E-state index is 11.1. The Bertz CT molecular complexity index is 1160. The van der Waals surface area contributed by atoms with Crippen LogP contribution in [0.3, 0.4) is 0 Å². The zero-order valence-electron chi connectivity index (χ0n) is 14.3. The van der Waals surface area contributed by atoms with Crippen molar-refractivity contribution in [2.75, 3.05) is 12.3 Å². The summed E-state index contributed by atoms with van der Waals surface area (Å²) < 4.78 is 6.90. The summed E-state index contributed by atoms with van der Waals surface area (Å²) in [5, 5.41) is 2.93. The summed E-state index contributed by atoms with van der Waals surface area (Å²) in [6, 6.07) is 7.78. The van der Waals surface area contributed by atoms with E-state index in [9.17, 15) is 4.79 Å². The van der Waals surface area contributed by atoms with E-state index in [2.05, 4.69) is 19.9 Å². The number of para-hydroxylation sites is 1. The monoisotopic (exact) mass is 402 g/mol. The molecule has 0 fully saturated rings. The molecule has 3 N–H and O–H groups in total. The number of carbonyl (C=O) groups excluding carboxylic acids is 1. The molecular formula is C17H15ClN6O2S. The molecule has 27 heavy (non-hydrogen) atoms. The molecule has 0 atom stereocenters. The maximum Gasteiger partial charge on any atom is 0.302 e. The molecule has 10 heteroatoms. The van der Waals surface area contributed by atoms with Gasteiger partial charge < -0.3 is 15.5 Å². The van der Waals surface area contributed by atoms with Gasteiger partial charge in [0.1, 0.15) is 12.9 Å². The van der Waals surface area contributed by atoms with E-state index in [0.29, 0.717) is 27.9 Å². The lowest BCUT2D eigenvalue weighted by molar-refractivity contribution is -0.141. The number of esters is 1. The lowest BCUT2D eigenvalue weighted by atomic mass is 10.2. The van der Waals surface area contributed by atoms with Crippen LogP contribution in [-0.2, 0) is 16.1 Å². The fourth-order valence-electron chi connectivity index (χ4n) is 2.74. The van der Waals surface area contributed by atoms with Gasteiger partial charge in [-0.2, -0.15) is 0 Å². The molecule has 0 amide bonds. The molecule has 0 saturated carbocycles. The van der Waals surface area contributed by atoms with Gasteiger partial charge in [0.05, 0.1) is 16.6 Å². The molecule has 8 nitrogen and oxygen atoms in total. The molecule has 3 aromatic heterocycles. The summed E-state index contributed by atoms with van der Waals surface area (Å²) in [6.45, 7) is 1.94. The third-order valence-corrected chi connectivity index (χ3v) is 5.46. The first-order chi connectivity index (χ1) is 13.0. The number of halogens is 1. The molecule has 3 heterocycles. The van der Waals surface area contributed by atoms with E-state index in [0.717, 1.165) is 15.9 Å². The Balaban J connectivity index is 1.76. The van der Waals surface area contributed by atoms with Crippen molar-refractivity contribution in [2.45, 2.75) is 23.7 Å². The normalized spacial score (nSPS) is 11.3. The molecule has 0 saturated heterocycles. The van der Waals surface area contributed by atoms with Crippen molar-refractivity contribution < 1.29 is 9.53 Å². The van der Waals surface area contributed by atoms with Gasteiger partial charge in [-0.3, -0.25) is 9.36 Å². The summed E-state index contributed by atoms with van der Waals surface area (Å²) >= 11 is 7.88. The smallest absolute Gasteiger partial charge is 0.302 e. The number of ether oxygens (including phenoxy) is 1. The number of imidazole rings is 1. The van der Waals surface area contributed by atoms with Gasteiger partial charge in [-0.1, -0.05) is 29.8 Å². The van der Waals surface area contributed by atoms with Gasteiger partial charge >= 0.3 is 5.97 Å². The summed E-state index contributed by atoms with van der Waals surface area (Å²) in [6.07, 6.45) is 1.38. The Morgan fingerprint density at radius 1 is 1.37 bits per heavy atom. The number of benzene rings is 1. The number of hydrogen-bond donors (Lipinski definition) is 2. The summed E-state index contributed by atoms with van der Waals surface area (Å²) in [5.74, 6) is -0.0581. The standard InChI is InChI=1S/C17H15ClN6O2S/c1-9(25)26-7-6-24-15-13(14(19)20-8-21-15)23-17(24)27-16-12(18)10-4-2-3-5-11(10)22-16/h2-5,8,22H,6-7H2,1H3,(H2,19,20,21). The highest BCUT2D eigenvalue weighted by Crippen LogP contribution is 2.38. The molecule has 138 valence electrons. The van der Waals surface area contributed by atoms with Crippen LogP contribution in [0.1, 0.15) is 6.92 Å². The Hall–Kier alpha value is -2.78. The van der Waals surface area contributed by atoms with Gasteiger partial charge in [0.25, 0.3) is 0 Å². The number of aromatic nitrogens is 5. The molecule has 0 unspecified atom stereocenters. The van der Waals surface area contributed by atoms with Crippen LogP contribution in [0.15, 0.2) is 40.8 Å². The van der Waals surface area contributed by atoms with E-state index in [1.165, 1.54) is 25.0 Å². The molecule has 0 bridgehead atoms. The number of rotatable bonds is 5. The molecule has 4 aromatic rings. The fraction of sp³-hybridized carbons (Fsp3) is 0.176. The minimum atomic E-state index is -0.346. The second-order valence-electron chi connectivity index (χ2n) is 5.73. The van der Waals surface area contributed by atoms with Crippen LogP contribution in [0.2, 0.25) is 5.02 Å². The molecule has 4 rings (SSSR count). The molecular weight excluding hydrogens is 388 g/mol. The van der Waals surface area contributed by atoms with E-state index >= 15 is 0 Å². The quantitative estimate of drug-likeness (QED) is 0.492. The summed E-state index contributed by atoms with van der Waals surface area (Å²) in [4.78, 5) is 27.2. The largest absolute Gasteiger partial charge is 0.464 e. The van der Waals surface area contributed by atoms with Crippen molar-refractivity contribution in [3.63, 3.8) is 0 Å². The van der Waals surface area contributed by atoms with Gasteiger partial charge in [0.15, 0.2) is 22.1 Å². The lowest BCUT2D eigenvalue weighted by Crippen LogP contribution is -2.10. The predicted molar refractivity (Wildman–Crippen MR) is 104 cm³/mol. The number of nitrogens with zero attached hydrogens (tertiary/aromatic N) is 4.